The summed E-state index contributed by atoms with van der Waals surface area (Å²) in [5.41, 5.74) is 0.955. The molecule has 2 amide bonds. The van der Waals surface area contributed by atoms with Crippen molar-refractivity contribution in [3.05, 3.63) is 23.2 Å². The molecule has 3 rings (SSSR count). The quantitative estimate of drug-likeness (QED) is 0.884. The van der Waals surface area contributed by atoms with E-state index >= 15 is 0 Å². The monoisotopic (exact) mass is 347 g/mol. The van der Waals surface area contributed by atoms with Crippen LogP contribution in [-0.2, 0) is 9.59 Å². The van der Waals surface area contributed by atoms with Gasteiger partial charge in [0.25, 0.3) is 0 Å². The minimum Gasteiger partial charge on any atom is -0.394 e. The van der Waals surface area contributed by atoms with Crippen LogP contribution in [0.1, 0.15) is 25.3 Å². The molecular formula is C17H21N3O3S. The highest BCUT2D eigenvalue weighted by molar-refractivity contribution is 7.18. The van der Waals surface area contributed by atoms with Crippen LogP contribution in [0.25, 0.3) is 10.2 Å². The second-order valence-corrected chi connectivity index (χ2v) is 8.06. The van der Waals surface area contributed by atoms with E-state index in [9.17, 15) is 14.7 Å². The second-order valence-electron chi connectivity index (χ2n) is 6.82. The van der Waals surface area contributed by atoms with Gasteiger partial charge in [0.2, 0.25) is 11.8 Å². The Morgan fingerprint density at radius 1 is 1.50 bits per heavy atom. The van der Waals surface area contributed by atoms with E-state index in [2.05, 4.69) is 10.3 Å². The molecule has 0 bridgehead atoms. The fourth-order valence-corrected chi connectivity index (χ4v) is 3.61. The molecule has 7 heteroatoms. The summed E-state index contributed by atoms with van der Waals surface area (Å²) in [7, 11) is 0. The number of hydrogen-bond donors (Lipinski definition) is 2. The normalized spacial score (nSPS) is 18.4. The van der Waals surface area contributed by atoms with E-state index in [1.165, 1.54) is 0 Å². The minimum atomic E-state index is -0.690. The average Bonchev–Trinajstić information content (AvgIpc) is 3.08. The molecule has 1 saturated heterocycles. The minimum absolute atomic E-state index is 0.0664. The van der Waals surface area contributed by atoms with Crippen molar-refractivity contribution in [1.29, 1.82) is 0 Å². The molecule has 1 fully saturated rings. The van der Waals surface area contributed by atoms with Gasteiger partial charge in [-0.25, -0.2) is 4.98 Å². The van der Waals surface area contributed by atoms with Crippen molar-refractivity contribution < 1.29 is 14.7 Å². The number of fused-ring (bicyclic) bond motifs is 1. The van der Waals surface area contributed by atoms with Crippen LogP contribution in [0, 0.1) is 12.8 Å². The van der Waals surface area contributed by atoms with Crippen LogP contribution in [0.15, 0.2) is 18.2 Å². The summed E-state index contributed by atoms with van der Waals surface area (Å²) in [6.45, 7) is 5.65. The molecule has 0 saturated carbocycles. The molecule has 2 heterocycles. The molecule has 1 aliphatic heterocycles. The molecule has 0 spiro atoms. The molecule has 1 aromatic heterocycles. The van der Waals surface area contributed by atoms with E-state index in [0.29, 0.717) is 6.54 Å². The number of carbonyl (C=O) groups is 2. The van der Waals surface area contributed by atoms with E-state index in [-0.39, 0.29) is 24.8 Å². The summed E-state index contributed by atoms with van der Waals surface area (Å²) >= 11 is 1.62. The first-order valence-electron chi connectivity index (χ1n) is 7.89. The lowest BCUT2D eigenvalue weighted by atomic mass is 10.0. The molecule has 2 aromatic rings. The van der Waals surface area contributed by atoms with Crippen molar-refractivity contribution >= 4 is 39.1 Å². The van der Waals surface area contributed by atoms with E-state index in [0.717, 1.165) is 20.9 Å². The Morgan fingerprint density at radius 3 is 2.96 bits per heavy atom. The average molecular weight is 347 g/mol. The predicted molar refractivity (Wildman–Crippen MR) is 94.1 cm³/mol. The van der Waals surface area contributed by atoms with Gasteiger partial charge in [0.05, 0.1) is 33.3 Å². The lowest BCUT2D eigenvalue weighted by Gasteiger charge is -2.25. The van der Waals surface area contributed by atoms with Gasteiger partial charge in [-0.3, -0.25) is 9.59 Å². The van der Waals surface area contributed by atoms with Gasteiger partial charge in [-0.1, -0.05) is 0 Å². The van der Waals surface area contributed by atoms with Gasteiger partial charge in [-0.05, 0) is 39.0 Å². The number of hydrogen-bond acceptors (Lipinski definition) is 5. The summed E-state index contributed by atoms with van der Waals surface area (Å²) < 4.78 is 1.09. The first-order valence-corrected chi connectivity index (χ1v) is 8.71. The fraction of sp³-hybridized carbons (Fsp3) is 0.471. The van der Waals surface area contributed by atoms with Crippen LogP contribution < -0.4 is 10.2 Å². The lowest BCUT2D eigenvalue weighted by Crippen LogP contribution is -2.49. The molecule has 1 atom stereocenters. The number of nitrogens with one attached hydrogen (secondary N) is 1. The molecular weight excluding hydrogens is 326 g/mol. The molecule has 1 aromatic carbocycles. The van der Waals surface area contributed by atoms with Crippen LogP contribution in [0.2, 0.25) is 0 Å². The summed E-state index contributed by atoms with van der Waals surface area (Å²) in [5, 5.41) is 13.1. The lowest BCUT2D eigenvalue weighted by molar-refractivity contribution is -0.128. The van der Waals surface area contributed by atoms with Gasteiger partial charge < -0.3 is 15.3 Å². The second kappa shape index (κ2) is 6.14. The third-order valence-electron chi connectivity index (χ3n) is 4.14. The number of thiazole rings is 1. The van der Waals surface area contributed by atoms with Gasteiger partial charge in [0.1, 0.15) is 0 Å². The number of anilines is 1. The van der Waals surface area contributed by atoms with E-state index in [1.54, 1.807) is 30.1 Å². The number of rotatable bonds is 4. The van der Waals surface area contributed by atoms with Crippen LogP contribution in [0.4, 0.5) is 5.69 Å². The third kappa shape index (κ3) is 3.27. The SMILES string of the molecule is Cc1nc2cc(N3CC(C(=O)NC(C)(C)CO)CC3=O)ccc2s1. The Kier molecular flexibility index (Phi) is 4.31. The molecule has 2 N–H and O–H groups in total. The Bertz CT molecular complexity index is 799. The van der Waals surface area contributed by atoms with Gasteiger partial charge in [0.15, 0.2) is 0 Å². The molecule has 128 valence electrons. The standard InChI is InChI=1S/C17H21N3O3S/c1-10-18-13-7-12(4-5-14(13)24-10)20-8-11(6-15(20)22)16(23)19-17(2,3)9-21/h4-5,7,11,21H,6,8-9H2,1-3H3,(H,19,23). The molecule has 24 heavy (non-hydrogen) atoms. The Hall–Kier alpha value is -1.99. The third-order valence-corrected chi connectivity index (χ3v) is 5.09. The van der Waals surface area contributed by atoms with Crippen LogP contribution >= 0.6 is 11.3 Å². The van der Waals surface area contributed by atoms with Gasteiger partial charge in [-0.2, -0.15) is 0 Å². The molecule has 1 aliphatic rings. The van der Waals surface area contributed by atoms with Crippen LogP contribution in [0.5, 0.6) is 0 Å². The highest BCUT2D eigenvalue weighted by atomic mass is 32.1. The Morgan fingerprint density at radius 2 is 2.25 bits per heavy atom. The molecule has 6 nitrogen and oxygen atoms in total. The van der Waals surface area contributed by atoms with E-state index in [4.69, 9.17) is 0 Å². The number of aliphatic hydroxyl groups is 1. The van der Waals surface area contributed by atoms with Crippen LogP contribution in [0.3, 0.4) is 0 Å². The Balaban J connectivity index is 1.77. The first kappa shape index (κ1) is 16.9. The number of aliphatic hydroxyl groups excluding tert-OH is 1. The van der Waals surface area contributed by atoms with Gasteiger partial charge in [-0.15, -0.1) is 11.3 Å². The highest BCUT2D eigenvalue weighted by Crippen LogP contribution is 2.30. The number of carbonyl (C=O) groups excluding carboxylic acids is 2. The zero-order valence-corrected chi connectivity index (χ0v) is 14.8. The zero-order valence-electron chi connectivity index (χ0n) is 14.0. The van der Waals surface area contributed by atoms with Crippen molar-refractivity contribution in [2.75, 3.05) is 18.1 Å². The molecule has 1 unspecified atom stereocenters. The maximum Gasteiger partial charge on any atom is 0.227 e. The van der Waals surface area contributed by atoms with E-state index in [1.807, 2.05) is 25.1 Å². The van der Waals surface area contributed by atoms with Crippen molar-refractivity contribution in [3.8, 4) is 0 Å². The largest absolute Gasteiger partial charge is 0.394 e. The smallest absolute Gasteiger partial charge is 0.227 e. The highest BCUT2D eigenvalue weighted by Gasteiger charge is 2.36. The van der Waals surface area contributed by atoms with Gasteiger partial charge >= 0.3 is 0 Å². The van der Waals surface area contributed by atoms with Crippen molar-refractivity contribution in [3.63, 3.8) is 0 Å². The summed E-state index contributed by atoms with van der Waals surface area (Å²) in [6.07, 6.45) is 0.182. The maximum atomic E-state index is 12.3. The van der Waals surface area contributed by atoms with Crippen molar-refractivity contribution in [1.82, 2.24) is 10.3 Å². The Labute approximate surface area is 144 Å². The van der Waals surface area contributed by atoms with E-state index < -0.39 is 11.5 Å². The zero-order chi connectivity index (χ0) is 17.5. The number of nitrogens with zero attached hydrogens (tertiary/aromatic N) is 2. The fourth-order valence-electron chi connectivity index (χ4n) is 2.81. The summed E-state index contributed by atoms with van der Waals surface area (Å²) in [4.78, 5) is 30.8. The maximum absolute atomic E-state index is 12.3. The summed E-state index contributed by atoms with van der Waals surface area (Å²) in [5.74, 6) is -0.671. The van der Waals surface area contributed by atoms with Crippen molar-refractivity contribution in [2.45, 2.75) is 32.7 Å². The number of amides is 2. The van der Waals surface area contributed by atoms with Gasteiger partial charge in [0, 0.05) is 18.7 Å². The topological polar surface area (TPSA) is 82.5 Å². The number of aryl methyl sites for hydroxylation is 1. The molecule has 0 radical (unpaired) electrons. The van der Waals surface area contributed by atoms with Crippen LogP contribution in [-0.4, -0.2) is 40.6 Å². The van der Waals surface area contributed by atoms with Crippen molar-refractivity contribution in [2.24, 2.45) is 5.92 Å². The number of benzene rings is 1. The predicted octanol–water partition coefficient (Wildman–Crippen LogP) is 1.84. The number of aromatic nitrogens is 1. The molecule has 0 aliphatic carbocycles. The first-order chi connectivity index (χ1) is 11.3. The summed E-state index contributed by atoms with van der Waals surface area (Å²) in [6, 6.07) is 5.76.